The molecule has 0 radical (unpaired) electrons. The van der Waals surface area contributed by atoms with E-state index >= 15 is 0 Å². The Balaban J connectivity index is 2.44. The Labute approximate surface area is 92.9 Å². The van der Waals surface area contributed by atoms with Crippen LogP contribution in [-0.4, -0.2) is 16.1 Å². The van der Waals surface area contributed by atoms with Gasteiger partial charge in [-0.25, -0.2) is 9.78 Å². The molecule has 2 aromatic rings. The lowest BCUT2D eigenvalue weighted by Crippen LogP contribution is -1.95. The molecule has 2 rings (SSSR count). The average molecular weight is 219 g/mol. The number of aromatic nitrogens is 1. The number of fused-ring (bicyclic) bond motifs is 1. The highest BCUT2D eigenvalue weighted by atomic mass is 16.4. The summed E-state index contributed by atoms with van der Waals surface area (Å²) in [7, 11) is 0. The molecule has 0 bridgehead atoms. The molecule has 1 heterocycles. The molecule has 0 fully saturated rings. The number of unbranched alkanes of at least 4 members (excludes halogenated alkanes) is 1. The van der Waals surface area contributed by atoms with Gasteiger partial charge in [-0.15, -0.1) is 0 Å². The van der Waals surface area contributed by atoms with Crippen molar-refractivity contribution < 1.29 is 14.3 Å². The van der Waals surface area contributed by atoms with Crippen LogP contribution in [0.1, 0.15) is 36.0 Å². The van der Waals surface area contributed by atoms with Gasteiger partial charge in [0.2, 0.25) is 0 Å². The molecule has 1 N–H and O–H groups in total. The zero-order valence-corrected chi connectivity index (χ0v) is 9.06. The summed E-state index contributed by atoms with van der Waals surface area (Å²) >= 11 is 0. The van der Waals surface area contributed by atoms with Crippen LogP contribution in [0.3, 0.4) is 0 Å². The van der Waals surface area contributed by atoms with Gasteiger partial charge in [0.1, 0.15) is 11.1 Å². The first-order valence-corrected chi connectivity index (χ1v) is 5.34. The second-order valence-electron chi connectivity index (χ2n) is 3.67. The molecule has 84 valence electrons. The maximum atomic E-state index is 11.0. The Morgan fingerprint density at radius 2 is 2.31 bits per heavy atom. The molecule has 1 aromatic heterocycles. The summed E-state index contributed by atoms with van der Waals surface area (Å²) < 4.78 is 5.47. The first-order valence-electron chi connectivity index (χ1n) is 5.34. The van der Waals surface area contributed by atoms with Crippen molar-refractivity contribution in [3.8, 4) is 0 Å². The Morgan fingerprint density at radius 1 is 1.50 bits per heavy atom. The van der Waals surface area contributed by atoms with E-state index in [1.807, 2.05) is 0 Å². The number of aryl methyl sites for hydroxylation is 1. The average Bonchev–Trinajstić information content (AvgIpc) is 2.68. The van der Waals surface area contributed by atoms with Crippen LogP contribution >= 0.6 is 0 Å². The van der Waals surface area contributed by atoms with Crippen LogP contribution in [0.4, 0.5) is 0 Å². The highest BCUT2D eigenvalue weighted by Crippen LogP contribution is 2.20. The number of carboxylic acids is 1. The number of aromatic carboxylic acids is 1. The number of nitrogens with zero attached hydrogens (tertiary/aromatic N) is 1. The maximum absolute atomic E-state index is 11.0. The lowest BCUT2D eigenvalue weighted by molar-refractivity contribution is 0.0698. The van der Waals surface area contributed by atoms with E-state index in [-0.39, 0.29) is 5.56 Å². The van der Waals surface area contributed by atoms with Crippen molar-refractivity contribution in [2.24, 2.45) is 0 Å². The van der Waals surface area contributed by atoms with E-state index in [0.717, 1.165) is 19.3 Å². The van der Waals surface area contributed by atoms with Crippen LogP contribution in [-0.2, 0) is 6.42 Å². The quantitative estimate of drug-likeness (QED) is 0.858. The van der Waals surface area contributed by atoms with Crippen LogP contribution in [0.2, 0.25) is 0 Å². The minimum absolute atomic E-state index is 0.174. The van der Waals surface area contributed by atoms with Crippen LogP contribution in [0.25, 0.3) is 11.1 Å². The first kappa shape index (κ1) is 10.7. The van der Waals surface area contributed by atoms with E-state index in [1.165, 1.54) is 6.07 Å². The highest BCUT2D eigenvalue weighted by molar-refractivity contribution is 5.99. The fourth-order valence-corrected chi connectivity index (χ4v) is 1.60. The molecule has 0 spiro atoms. The second-order valence-corrected chi connectivity index (χ2v) is 3.67. The van der Waals surface area contributed by atoms with Crippen LogP contribution < -0.4 is 0 Å². The Hall–Kier alpha value is -1.84. The molecule has 16 heavy (non-hydrogen) atoms. The standard InChI is InChI=1S/C12H13NO3/c1-2-3-7-10-13-9-6-4-5-8(12(14)15)11(9)16-10/h4-6H,2-3,7H2,1H3,(H,14,15). The van der Waals surface area contributed by atoms with Gasteiger partial charge in [-0.2, -0.15) is 0 Å². The van der Waals surface area contributed by atoms with Gasteiger partial charge in [0.25, 0.3) is 0 Å². The Kier molecular flexibility index (Phi) is 2.90. The van der Waals surface area contributed by atoms with E-state index in [4.69, 9.17) is 9.52 Å². The first-order chi connectivity index (χ1) is 7.72. The molecule has 0 saturated carbocycles. The third-order valence-corrected chi connectivity index (χ3v) is 2.43. The molecule has 0 aliphatic rings. The molecule has 0 saturated heterocycles. The molecule has 0 atom stereocenters. The lowest BCUT2D eigenvalue weighted by atomic mass is 10.2. The molecule has 0 amide bonds. The van der Waals surface area contributed by atoms with Crippen molar-refractivity contribution in [3.63, 3.8) is 0 Å². The van der Waals surface area contributed by atoms with E-state index in [1.54, 1.807) is 12.1 Å². The molecule has 4 nitrogen and oxygen atoms in total. The smallest absolute Gasteiger partial charge is 0.339 e. The fraction of sp³-hybridized carbons (Fsp3) is 0.333. The number of rotatable bonds is 4. The zero-order valence-electron chi connectivity index (χ0n) is 9.06. The minimum Gasteiger partial charge on any atom is -0.478 e. The van der Waals surface area contributed by atoms with Gasteiger partial charge < -0.3 is 9.52 Å². The van der Waals surface area contributed by atoms with E-state index in [9.17, 15) is 4.79 Å². The molecule has 0 unspecified atom stereocenters. The largest absolute Gasteiger partial charge is 0.478 e. The molecular formula is C12H13NO3. The molecule has 0 aliphatic heterocycles. The third kappa shape index (κ3) is 1.91. The molecule has 1 aromatic carbocycles. The molecule has 0 aliphatic carbocycles. The van der Waals surface area contributed by atoms with Gasteiger partial charge in [-0.1, -0.05) is 19.4 Å². The zero-order chi connectivity index (χ0) is 11.5. The molecular weight excluding hydrogens is 206 g/mol. The predicted molar refractivity (Wildman–Crippen MR) is 59.6 cm³/mol. The number of para-hydroxylation sites is 1. The van der Waals surface area contributed by atoms with Gasteiger partial charge in [0.05, 0.1) is 0 Å². The summed E-state index contributed by atoms with van der Waals surface area (Å²) in [6, 6.07) is 4.97. The van der Waals surface area contributed by atoms with Crippen LogP contribution in [0.5, 0.6) is 0 Å². The topological polar surface area (TPSA) is 63.3 Å². The van der Waals surface area contributed by atoms with Crippen LogP contribution in [0.15, 0.2) is 22.6 Å². The number of hydrogen-bond acceptors (Lipinski definition) is 3. The number of oxazole rings is 1. The summed E-state index contributed by atoms with van der Waals surface area (Å²) in [5, 5.41) is 8.98. The van der Waals surface area contributed by atoms with Crippen molar-refractivity contribution in [2.45, 2.75) is 26.2 Å². The van der Waals surface area contributed by atoms with Crippen molar-refractivity contribution in [3.05, 3.63) is 29.7 Å². The second kappa shape index (κ2) is 4.35. The number of carbonyl (C=O) groups is 1. The Bertz CT molecular complexity index is 516. The van der Waals surface area contributed by atoms with Crippen molar-refractivity contribution in [2.75, 3.05) is 0 Å². The summed E-state index contributed by atoms with van der Waals surface area (Å²) in [4.78, 5) is 15.2. The summed E-state index contributed by atoms with van der Waals surface area (Å²) in [5.74, 6) is -0.366. The van der Waals surface area contributed by atoms with Crippen molar-refractivity contribution >= 4 is 17.1 Å². The lowest BCUT2D eigenvalue weighted by Gasteiger charge is -1.93. The minimum atomic E-state index is -0.983. The van der Waals surface area contributed by atoms with E-state index in [2.05, 4.69) is 11.9 Å². The normalized spacial score (nSPS) is 10.8. The van der Waals surface area contributed by atoms with Gasteiger partial charge >= 0.3 is 5.97 Å². The summed E-state index contributed by atoms with van der Waals surface area (Å²) in [5.41, 5.74) is 1.17. The monoisotopic (exact) mass is 219 g/mol. The highest BCUT2D eigenvalue weighted by Gasteiger charge is 2.13. The van der Waals surface area contributed by atoms with Crippen molar-refractivity contribution in [1.82, 2.24) is 4.98 Å². The number of benzene rings is 1. The Morgan fingerprint density at radius 3 is 3.00 bits per heavy atom. The number of carboxylic acid groups (broad SMARTS) is 1. The van der Waals surface area contributed by atoms with E-state index < -0.39 is 5.97 Å². The fourth-order valence-electron chi connectivity index (χ4n) is 1.60. The predicted octanol–water partition coefficient (Wildman–Crippen LogP) is 2.87. The number of hydrogen-bond donors (Lipinski definition) is 1. The maximum Gasteiger partial charge on any atom is 0.339 e. The van der Waals surface area contributed by atoms with Gasteiger partial charge in [-0.05, 0) is 18.6 Å². The van der Waals surface area contributed by atoms with Crippen LogP contribution in [0, 0.1) is 0 Å². The van der Waals surface area contributed by atoms with Crippen molar-refractivity contribution in [1.29, 1.82) is 0 Å². The van der Waals surface area contributed by atoms with E-state index in [0.29, 0.717) is 17.0 Å². The van der Waals surface area contributed by atoms with Gasteiger partial charge in [0, 0.05) is 6.42 Å². The van der Waals surface area contributed by atoms with Gasteiger partial charge in [-0.3, -0.25) is 0 Å². The summed E-state index contributed by atoms with van der Waals surface area (Å²) in [6.45, 7) is 2.09. The molecule has 4 heteroatoms. The summed E-state index contributed by atoms with van der Waals surface area (Å²) in [6.07, 6.45) is 2.81. The SMILES string of the molecule is CCCCc1nc2cccc(C(=O)O)c2o1. The van der Waals surface area contributed by atoms with Gasteiger partial charge in [0.15, 0.2) is 11.5 Å². The third-order valence-electron chi connectivity index (χ3n) is 2.43.